The molecule has 0 saturated carbocycles. The fourth-order valence-electron chi connectivity index (χ4n) is 1.87. The van der Waals surface area contributed by atoms with Crippen LogP contribution < -0.4 is 11.1 Å². The van der Waals surface area contributed by atoms with Gasteiger partial charge >= 0.3 is 0 Å². The van der Waals surface area contributed by atoms with Gasteiger partial charge in [-0.2, -0.15) is 0 Å². The third-order valence-electron chi connectivity index (χ3n) is 2.89. The van der Waals surface area contributed by atoms with Crippen molar-refractivity contribution in [2.75, 3.05) is 17.7 Å². The SMILES string of the molecule is CC1CCOC1C(=O)Nc1cc(N)ccc1F. The number of amides is 1. The summed E-state index contributed by atoms with van der Waals surface area (Å²) in [6.07, 6.45) is 0.341. The normalized spacial score (nSPS) is 23.6. The van der Waals surface area contributed by atoms with E-state index in [-0.39, 0.29) is 17.5 Å². The van der Waals surface area contributed by atoms with Crippen LogP contribution >= 0.6 is 0 Å². The molecule has 92 valence electrons. The summed E-state index contributed by atoms with van der Waals surface area (Å²) in [6, 6.07) is 4.07. The van der Waals surface area contributed by atoms with Gasteiger partial charge in [0, 0.05) is 12.3 Å². The Morgan fingerprint density at radius 2 is 2.35 bits per heavy atom. The van der Waals surface area contributed by atoms with Gasteiger partial charge in [0.2, 0.25) is 0 Å². The molecule has 17 heavy (non-hydrogen) atoms. The highest BCUT2D eigenvalue weighted by atomic mass is 19.1. The van der Waals surface area contributed by atoms with Gasteiger partial charge in [-0.15, -0.1) is 0 Å². The van der Waals surface area contributed by atoms with Crippen LogP contribution in [-0.2, 0) is 9.53 Å². The van der Waals surface area contributed by atoms with Crippen LogP contribution in [0.25, 0.3) is 0 Å². The molecule has 1 saturated heterocycles. The maximum absolute atomic E-state index is 13.4. The molecule has 2 atom stereocenters. The van der Waals surface area contributed by atoms with E-state index in [0.29, 0.717) is 12.3 Å². The lowest BCUT2D eigenvalue weighted by molar-refractivity contribution is -0.126. The van der Waals surface area contributed by atoms with Crippen LogP contribution in [0, 0.1) is 11.7 Å². The van der Waals surface area contributed by atoms with Crippen LogP contribution in [-0.4, -0.2) is 18.6 Å². The van der Waals surface area contributed by atoms with Gasteiger partial charge in [0.15, 0.2) is 0 Å². The summed E-state index contributed by atoms with van der Waals surface area (Å²) in [4.78, 5) is 11.8. The van der Waals surface area contributed by atoms with E-state index in [4.69, 9.17) is 10.5 Å². The summed E-state index contributed by atoms with van der Waals surface area (Å²) in [7, 11) is 0. The summed E-state index contributed by atoms with van der Waals surface area (Å²) < 4.78 is 18.7. The van der Waals surface area contributed by atoms with Gasteiger partial charge in [0.25, 0.3) is 5.91 Å². The van der Waals surface area contributed by atoms with Gasteiger partial charge in [-0.1, -0.05) is 6.92 Å². The molecule has 2 rings (SSSR count). The lowest BCUT2D eigenvalue weighted by atomic mass is 10.0. The Hall–Kier alpha value is -1.62. The first-order valence-electron chi connectivity index (χ1n) is 5.55. The minimum atomic E-state index is -0.504. The molecular formula is C12H15FN2O2. The number of nitrogens with one attached hydrogen (secondary N) is 1. The second kappa shape index (κ2) is 4.71. The van der Waals surface area contributed by atoms with Gasteiger partial charge in [0.1, 0.15) is 11.9 Å². The molecule has 0 aromatic heterocycles. The average Bonchev–Trinajstić information content (AvgIpc) is 2.70. The second-order valence-corrected chi connectivity index (χ2v) is 4.29. The quantitative estimate of drug-likeness (QED) is 0.772. The number of benzene rings is 1. The molecule has 1 fully saturated rings. The Morgan fingerprint density at radius 3 is 3.00 bits per heavy atom. The molecule has 1 amide bonds. The average molecular weight is 238 g/mol. The zero-order valence-electron chi connectivity index (χ0n) is 9.57. The van der Waals surface area contributed by atoms with Crippen molar-refractivity contribution >= 4 is 17.3 Å². The van der Waals surface area contributed by atoms with Crippen LogP contribution in [0.2, 0.25) is 0 Å². The fraction of sp³-hybridized carbons (Fsp3) is 0.417. The molecule has 1 heterocycles. The lowest BCUT2D eigenvalue weighted by Crippen LogP contribution is -2.31. The highest BCUT2D eigenvalue weighted by molar-refractivity contribution is 5.95. The minimum Gasteiger partial charge on any atom is -0.399 e. The van der Waals surface area contributed by atoms with E-state index in [1.165, 1.54) is 18.2 Å². The maximum Gasteiger partial charge on any atom is 0.253 e. The predicted molar refractivity (Wildman–Crippen MR) is 63.0 cm³/mol. The van der Waals surface area contributed by atoms with Gasteiger partial charge in [-0.3, -0.25) is 4.79 Å². The molecule has 1 aromatic rings. The van der Waals surface area contributed by atoms with Crippen molar-refractivity contribution in [1.29, 1.82) is 0 Å². The van der Waals surface area contributed by atoms with E-state index in [0.717, 1.165) is 6.42 Å². The summed E-state index contributed by atoms with van der Waals surface area (Å²) in [6.45, 7) is 2.51. The number of hydrogen-bond donors (Lipinski definition) is 2. The number of carbonyl (C=O) groups is 1. The Bertz CT molecular complexity index is 437. The fourth-order valence-corrected chi connectivity index (χ4v) is 1.87. The first-order valence-corrected chi connectivity index (χ1v) is 5.55. The zero-order valence-corrected chi connectivity index (χ0v) is 9.57. The van der Waals surface area contributed by atoms with Crippen molar-refractivity contribution in [3.63, 3.8) is 0 Å². The van der Waals surface area contributed by atoms with Gasteiger partial charge in [0.05, 0.1) is 5.69 Å². The van der Waals surface area contributed by atoms with Crippen LogP contribution in [0.4, 0.5) is 15.8 Å². The molecule has 1 aliphatic rings. The van der Waals surface area contributed by atoms with Crippen molar-refractivity contribution in [2.45, 2.75) is 19.4 Å². The van der Waals surface area contributed by atoms with Crippen molar-refractivity contribution in [3.05, 3.63) is 24.0 Å². The molecule has 1 aliphatic heterocycles. The summed E-state index contributed by atoms with van der Waals surface area (Å²) in [5.41, 5.74) is 6.03. The zero-order chi connectivity index (χ0) is 12.4. The highest BCUT2D eigenvalue weighted by Gasteiger charge is 2.31. The molecule has 1 aromatic carbocycles. The molecule has 2 unspecified atom stereocenters. The van der Waals surface area contributed by atoms with Crippen molar-refractivity contribution in [3.8, 4) is 0 Å². The first-order chi connectivity index (χ1) is 8.08. The Morgan fingerprint density at radius 1 is 1.59 bits per heavy atom. The summed E-state index contributed by atoms with van der Waals surface area (Å²) >= 11 is 0. The third kappa shape index (κ3) is 2.55. The number of nitrogen functional groups attached to an aromatic ring is 1. The van der Waals surface area contributed by atoms with Crippen molar-refractivity contribution < 1.29 is 13.9 Å². The van der Waals surface area contributed by atoms with Crippen molar-refractivity contribution in [1.82, 2.24) is 0 Å². The third-order valence-corrected chi connectivity index (χ3v) is 2.89. The number of anilines is 2. The topological polar surface area (TPSA) is 64.3 Å². The van der Waals surface area contributed by atoms with E-state index >= 15 is 0 Å². The largest absolute Gasteiger partial charge is 0.399 e. The standard InChI is InChI=1S/C12H15FN2O2/c1-7-4-5-17-11(7)12(16)15-10-6-8(14)2-3-9(10)13/h2-3,6-7,11H,4-5,14H2,1H3,(H,15,16). The second-order valence-electron chi connectivity index (χ2n) is 4.29. The van der Waals surface area contributed by atoms with Gasteiger partial charge in [-0.05, 0) is 30.5 Å². The first kappa shape index (κ1) is 11.9. The van der Waals surface area contributed by atoms with Gasteiger partial charge < -0.3 is 15.8 Å². The lowest BCUT2D eigenvalue weighted by Gasteiger charge is -2.15. The van der Waals surface area contributed by atoms with Gasteiger partial charge in [-0.25, -0.2) is 4.39 Å². The van der Waals surface area contributed by atoms with Crippen LogP contribution in [0.1, 0.15) is 13.3 Å². The van der Waals surface area contributed by atoms with E-state index in [1.54, 1.807) is 0 Å². The Labute approximate surface area is 98.9 Å². The Kier molecular flexibility index (Phi) is 3.28. The van der Waals surface area contributed by atoms with Crippen LogP contribution in [0.3, 0.4) is 0 Å². The predicted octanol–water partition coefficient (Wildman–Crippen LogP) is 1.77. The van der Waals surface area contributed by atoms with E-state index < -0.39 is 11.9 Å². The van der Waals surface area contributed by atoms with Crippen molar-refractivity contribution in [2.24, 2.45) is 5.92 Å². The molecule has 4 nitrogen and oxygen atoms in total. The number of ether oxygens (including phenoxy) is 1. The number of hydrogen-bond acceptors (Lipinski definition) is 3. The maximum atomic E-state index is 13.4. The number of carbonyl (C=O) groups excluding carboxylic acids is 1. The molecule has 5 heteroatoms. The Balaban J connectivity index is 2.10. The minimum absolute atomic E-state index is 0.0951. The van der Waals surface area contributed by atoms with Crippen LogP contribution in [0.15, 0.2) is 18.2 Å². The summed E-state index contributed by atoms with van der Waals surface area (Å²) in [5.74, 6) is -0.670. The smallest absolute Gasteiger partial charge is 0.253 e. The number of halogens is 1. The monoisotopic (exact) mass is 238 g/mol. The summed E-state index contributed by atoms with van der Waals surface area (Å²) in [5, 5.41) is 2.50. The van der Waals surface area contributed by atoms with Crippen LogP contribution in [0.5, 0.6) is 0 Å². The molecule has 0 spiro atoms. The molecule has 3 N–H and O–H groups in total. The highest BCUT2D eigenvalue weighted by Crippen LogP contribution is 2.23. The molecular weight excluding hydrogens is 223 g/mol. The number of nitrogens with two attached hydrogens (primary N) is 1. The number of rotatable bonds is 2. The molecule has 0 radical (unpaired) electrons. The molecule has 0 aliphatic carbocycles. The van der Waals surface area contributed by atoms with E-state index in [2.05, 4.69) is 5.32 Å². The van der Waals surface area contributed by atoms with E-state index in [1.807, 2.05) is 6.92 Å². The van der Waals surface area contributed by atoms with E-state index in [9.17, 15) is 9.18 Å². The molecule has 0 bridgehead atoms.